The first-order valence-corrected chi connectivity index (χ1v) is 12.2. The number of nitrogens with one attached hydrogen (secondary N) is 1. The Morgan fingerprint density at radius 3 is 2.67 bits per heavy atom. The van der Waals surface area contributed by atoms with Gasteiger partial charge in [-0.1, -0.05) is 55.8 Å². The van der Waals surface area contributed by atoms with Crippen LogP contribution < -0.4 is 5.32 Å². The highest BCUT2D eigenvalue weighted by molar-refractivity contribution is 5.85. The summed E-state index contributed by atoms with van der Waals surface area (Å²) in [6, 6.07) is 18.4. The third-order valence-corrected chi connectivity index (χ3v) is 7.97. The maximum Gasteiger partial charge on any atom is 0.225 e. The van der Waals surface area contributed by atoms with Gasteiger partial charge in [-0.2, -0.15) is 0 Å². The van der Waals surface area contributed by atoms with E-state index in [1.165, 1.54) is 12.5 Å². The molecule has 2 aromatic rings. The summed E-state index contributed by atoms with van der Waals surface area (Å²) in [5.74, 6) is 0.510. The Morgan fingerprint density at radius 1 is 1.15 bits per heavy atom. The summed E-state index contributed by atoms with van der Waals surface area (Å²) in [6.07, 6.45) is 5.13. The van der Waals surface area contributed by atoms with Gasteiger partial charge in [0, 0.05) is 18.0 Å². The SMILES string of the molecule is CC(=O)CNC(=O)[C@@H](Cc1ccccc1)CN1CCC2(c3cccc(O)c3)CCCC1[C@@H]2C. The minimum Gasteiger partial charge on any atom is -0.508 e. The average Bonchev–Trinajstić information content (AvgIpc) is 2.79. The van der Waals surface area contributed by atoms with Crippen molar-refractivity contribution in [2.24, 2.45) is 11.8 Å². The van der Waals surface area contributed by atoms with Crippen LogP contribution in [0.25, 0.3) is 0 Å². The number of hydrogen-bond donors (Lipinski definition) is 2. The van der Waals surface area contributed by atoms with E-state index in [-0.39, 0.29) is 29.6 Å². The molecular formula is C28H36N2O3. The quantitative estimate of drug-likeness (QED) is 0.638. The van der Waals surface area contributed by atoms with Gasteiger partial charge in [0.25, 0.3) is 0 Å². The van der Waals surface area contributed by atoms with E-state index in [2.05, 4.69) is 35.3 Å². The van der Waals surface area contributed by atoms with Crippen molar-refractivity contribution in [2.75, 3.05) is 19.6 Å². The largest absolute Gasteiger partial charge is 0.508 e. The summed E-state index contributed by atoms with van der Waals surface area (Å²) in [5.41, 5.74) is 2.48. The number of likely N-dealkylation sites (tertiary alicyclic amines) is 1. The van der Waals surface area contributed by atoms with Crippen LogP contribution in [0.15, 0.2) is 54.6 Å². The highest BCUT2D eigenvalue weighted by Crippen LogP contribution is 2.51. The molecule has 2 bridgehead atoms. The smallest absolute Gasteiger partial charge is 0.225 e. The summed E-state index contributed by atoms with van der Waals surface area (Å²) >= 11 is 0. The van der Waals surface area contributed by atoms with Crippen LogP contribution in [0.3, 0.4) is 0 Å². The molecule has 1 heterocycles. The molecule has 176 valence electrons. The molecule has 1 saturated carbocycles. The van der Waals surface area contributed by atoms with Gasteiger partial charge in [-0.25, -0.2) is 0 Å². The number of carbonyl (C=O) groups excluding carboxylic acids is 2. The molecule has 2 fully saturated rings. The molecule has 5 heteroatoms. The molecule has 4 atom stereocenters. The fourth-order valence-corrected chi connectivity index (χ4v) is 6.20. The van der Waals surface area contributed by atoms with E-state index in [9.17, 15) is 14.7 Å². The molecule has 1 aliphatic heterocycles. The average molecular weight is 449 g/mol. The van der Waals surface area contributed by atoms with Crippen LogP contribution in [-0.4, -0.2) is 47.4 Å². The van der Waals surface area contributed by atoms with Crippen molar-refractivity contribution in [2.45, 2.75) is 57.4 Å². The van der Waals surface area contributed by atoms with Crippen molar-refractivity contribution < 1.29 is 14.7 Å². The summed E-state index contributed by atoms with van der Waals surface area (Å²) in [7, 11) is 0. The molecule has 1 saturated heterocycles. The molecular weight excluding hydrogens is 412 g/mol. The van der Waals surface area contributed by atoms with Gasteiger partial charge in [0.05, 0.1) is 12.5 Å². The van der Waals surface area contributed by atoms with E-state index < -0.39 is 0 Å². The van der Waals surface area contributed by atoms with Gasteiger partial charge in [0.1, 0.15) is 11.5 Å². The fourth-order valence-electron chi connectivity index (χ4n) is 6.20. The van der Waals surface area contributed by atoms with Crippen LogP contribution in [0.2, 0.25) is 0 Å². The number of nitrogens with zero attached hydrogens (tertiary/aromatic N) is 1. The number of carbonyl (C=O) groups is 2. The van der Waals surface area contributed by atoms with Crippen LogP contribution in [0.4, 0.5) is 0 Å². The lowest BCUT2D eigenvalue weighted by molar-refractivity contribution is -0.128. The zero-order chi connectivity index (χ0) is 23.4. The Kier molecular flexibility index (Phi) is 7.18. The lowest BCUT2D eigenvalue weighted by atomic mass is 9.57. The number of phenols is 1. The zero-order valence-electron chi connectivity index (χ0n) is 19.8. The third kappa shape index (κ3) is 5.14. The van der Waals surface area contributed by atoms with Crippen molar-refractivity contribution in [1.82, 2.24) is 10.2 Å². The molecule has 1 aliphatic carbocycles. The van der Waals surface area contributed by atoms with Gasteiger partial charge >= 0.3 is 0 Å². The monoisotopic (exact) mass is 448 g/mol. The van der Waals surface area contributed by atoms with Crippen LogP contribution in [0.5, 0.6) is 5.75 Å². The molecule has 4 rings (SSSR count). The molecule has 0 spiro atoms. The van der Waals surface area contributed by atoms with Crippen LogP contribution in [0, 0.1) is 11.8 Å². The van der Waals surface area contributed by atoms with Crippen molar-refractivity contribution >= 4 is 11.7 Å². The lowest BCUT2D eigenvalue weighted by Crippen LogP contribution is -2.59. The first-order valence-electron chi connectivity index (χ1n) is 12.2. The van der Waals surface area contributed by atoms with E-state index in [4.69, 9.17) is 0 Å². The molecule has 2 unspecified atom stereocenters. The van der Waals surface area contributed by atoms with E-state index in [1.807, 2.05) is 30.3 Å². The number of phenolic OH excluding ortho intramolecular Hbond substituents is 1. The molecule has 2 N–H and O–H groups in total. The summed E-state index contributed by atoms with van der Waals surface area (Å²) < 4.78 is 0. The number of hydrogen-bond acceptors (Lipinski definition) is 4. The van der Waals surface area contributed by atoms with E-state index >= 15 is 0 Å². The van der Waals surface area contributed by atoms with E-state index in [0.29, 0.717) is 30.7 Å². The van der Waals surface area contributed by atoms with Gasteiger partial charge in [-0.3, -0.25) is 14.5 Å². The number of piperidine rings is 1. The first kappa shape index (κ1) is 23.5. The molecule has 2 aliphatic rings. The number of amides is 1. The summed E-state index contributed by atoms with van der Waals surface area (Å²) in [4.78, 5) is 27.1. The lowest BCUT2D eigenvalue weighted by Gasteiger charge is -2.56. The minimum atomic E-state index is -0.200. The zero-order valence-corrected chi connectivity index (χ0v) is 19.8. The van der Waals surface area contributed by atoms with Crippen LogP contribution in [-0.2, 0) is 21.4 Å². The topological polar surface area (TPSA) is 69.6 Å². The summed E-state index contributed by atoms with van der Waals surface area (Å²) in [6.45, 7) is 5.58. The second-order valence-electron chi connectivity index (χ2n) is 10.0. The number of aromatic hydroxyl groups is 1. The molecule has 0 radical (unpaired) electrons. The molecule has 0 aromatic heterocycles. The number of fused-ring (bicyclic) bond motifs is 2. The number of benzene rings is 2. The normalized spacial score (nSPS) is 25.9. The van der Waals surface area contributed by atoms with Gasteiger partial charge in [0.2, 0.25) is 5.91 Å². The Bertz CT molecular complexity index is 976. The van der Waals surface area contributed by atoms with Crippen LogP contribution >= 0.6 is 0 Å². The molecule has 33 heavy (non-hydrogen) atoms. The first-order chi connectivity index (χ1) is 15.9. The standard InChI is InChI=1S/C28H36N2O3/c1-20(31)18-29-27(33)23(16-22-8-4-3-5-9-22)19-30-15-14-28(13-7-12-26(30)21(28)2)24-10-6-11-25(32)17-24/h3-6,8-11,17,21,23,26,32H,7,12-16,18-19H2,1-2H3,(H,29,33)/t21-,23-,26?,28?/m0/s1. The van der Waals surface area contributed by atoms with Crippen molar-refractivity contribution in [3.63, 3.8) is 0 Å². The maximum atomic E-state index is 13.1. The van der Waals surface area contributed by atoms with Gasteiger partial charge in [-0.05, 0) is 68.3 Å². The van der Waals surface area contributed by atoms with Gasteiger partial charge in [0.15, 0.2) is 0 Å². The molecule has 2 aromatic carbocycles. The number of rotatable bonds is 8. The van der Waals surface area contributed by atoms with Gasteiger partial charge < -0.3 is 10.4 Å². The summed E-state index contributed by atoms with van der Waals surface area (Å²) in [5, 5.41) is 13.0. The fraction of sp³-hybridized carbons (Fsp3) is 0.500. The Hall–Kier alpha value is -2.66. The van der Waals surface area contributed by atoms with Gasteiger partial charge in [-0.15, -0.1) is 0 Å². The highest BCUT2D eigenvalue weighted by atomic mass is 16.3. The predicted molar refractivity (Wildman–Crippen MR) is 130 cm³/mol. The predicted octanol–water partition coefficient (Wildman–Crippen LogP) is 4.09. The van der Waals surface area contributed by atoms with E-state index in [1.54, 1.807) is 6.07 Å². The van der Waals surface area contributed by atoms with Crippen LogP contribution in [0.1, 0.15) is 50.7 Å². The second-order valence-corrected chi connectivity index (χ2v) is 10.0. The van der Waals surface area contributed by atoms with Crippen molar-refractivity contribution in [3.05, 3.63) is 65.7 Å². The third-order valence-electron chi connectivity index (χ3n) is 7.97. The number of ketones is 1. The Balaban J connectivity index is 1.53. The second kappa shape index (κ2) is 10.1. The number of Topliss-reactive ketones (excluding diaryl/α,β-unsaturated/α-hetero) is 1. The maximum absolute atomic E-state index is 13.1. The van der Waals surface area contributed by atoms with E-state index in [0.717, 1.165) is 37.8 Å². The minimum absolute atomic E-state index is 0.0309. The van der Waals surface area contributed by atoms with Crippen molar-refractivity contribution in [1.29, 1.82) is 0 Å². The molecule has 5 nitrogen and oxygen atoms in total. The Morgan fingerprint density at radius 2 is 1.94 bits per heavy atom. The molecule has 1 amide bonds. The van der Waals surface area contributed by atoms with Crippen molar-refractivity contribution in [3.8, 4) is 5.75 Å². The Labute approximate surface area is 197 Å². The highest BCUT2D eigenvalue weighted by Gasteiger charge is 2.49.